The summed E-state index contributed by atoms with van der Waals surface area (Å²) in [5, 5.41) is 3.26. The van der Waals surface area contributed by atoms with Crippen LogP contribution < -0.4 is 5.32 Å². The van der Waals surface area contributed by atoms with Gasteiger partial charge in [-0.05, 0) is 36.1 Å². The summed E-state index contributed by atoms with van der Waals surface area (Å²) >= 11 is 1.67. The van der Waals surface area contributed by atoms with Gasteiger partial charge in [-0.15, -0.1) is 11.8 Å². The predicted molar refractivity (Wildman–Crippen MR) is 143 cm³/mol. The van der Waals surface area contributed by atoms with Crippen molar-refractivity contribution in [2.24, 2.45) is 0 Å². The number of hydrogen-bond acceptors (Lipinski definition) is 3. The van der Waals surface area contributed by atoms with E-state index in [0.717, 1.165) is 41.7 Å². The van der Waals surface area contributed by atoms with Crippen LogP contribution in [0.2, 0.25) is 0 Å². The summed E-state index contributed by atoms with van der Waals surface area (Å²) in [6.07, 6.45) is 5.22. The first-order valence-electron chi connectivity index (χ1n) is 12.5. The van der Waals surface area contributed by atoms with Gasteiger partial charge in [0.2, 0.25) is 11.8 Å². The van der Waals surface area contributed by atoms with Crippen LogP contribution >= 0.6 is 11.8 Å². The van der Waals surface area contributed by atoms with Crippen LogP contribution in [0.5, 0.6) is 0 Å². The number of amides is 2. The molecule has 3 aromatic rings. The Kier molecular flexibility index (Phi) is 9.41. The summed E-state index contributed by atoms with van der Waals surface area (Å²) in [5.41, 5.74) is 2.09. The van der Waals surface area contributed by atoms with E-state index in [2.05, 4.69) is 17.4 Å². The Morgan fingerprint density at radius 3 is 2.03 bits per heavy atom. The van der Waals surface area contributed by atoms with E-state index >= 15 is 0 Å². The lowest BCUT2D eigenvalue weighted by atomic mass is 10.0. The van der Waals surface area contributed by atoms with E-state index in [1.165, 1.54) is 0 Å². The average molecular weight is 487 g/mol. The zero-order chi connectivity index (χ0) is 24.3. The van der Waals surface area contributed by atoms with Crippen molar-refractivity contribution in [1.29, 1.82) is 0 Å². The van der Waals surface area contributed by atoms with E-state index < -0.39 is 6.04 Å². The highest BCUT2D eigenvalue weighted by Crippen LogP contribution is 2.22. The van der Waals surface area contributed by atoms with Crippen molar-refractivity contribution in [1.82, 2.24) is 10.2 Å². The van der Waals surface area contributed by atoms with Crippen LogP contribution in [0.4, 0.5) is 0 Å². The lowest BCUT2D eigenvalue weighted by Gasteiger charge is -2.32. The van der Waals surface area contributed by atoms with Gasteiger partial charge in [0.1, 0.15) is 6.04 Å². The highest BCUT2D eigenvalue weighted by molar-refractivity contribution is 7.99. The minimum Gasteiger partial charge on any atom is -0.352 e. The number of nitrogens with zero attached hydrogens (tertiary/aromatic N) is 1. The molecule has 0 bridgehead atoms. The number of carbonyl (C=O) groups is 2. The quantitative estimate of drug-likeness (QED) is 0.345. The van der Waals surface area contributed by atoms with E-state index in [1.807, 2.05) is 78.9 Å². The molecule has 4 nitrogen and oxygen atoms in total. The molecule has 2 amide bonds. The SMILES string of the molecule is O=C(NC1CCCC1)[C@@H](Cc1ccccc1)N(Cc1ccccc1)C(=O)CCSc1ccccc1. The number of benzene rings is 3. The first kappa shape index (κ1) is 25.1. The molecule has 0 radical (unpaired) electrons. The number of hydrogen-bond donors (Lipinski definition) is 1. The highest BCUT2D eigenvalue weighted by atomic mass is 32.2. The third-order valence-electron chi connectivity index (χ3n) is 6.50. The van der Waals surface area contributed by atoms with Crippen LogP contribution in [-0.4, -0.2) is 34.6 Å². The third-order valence-corrected chi connectivity index (χ3v) is 7.51. The summed E-state index contributed by atoms with van der Waals surface area (Å²) in [4.78, 5) is 30.2. The van der Waals surface area contributed by atoms with Gasteiger partial charge in [-0.2, -0.15) is 0 Å². The first-order valence-corrected chi connectivity index (χ1v) is 13.5. The molecule has 1 N–H and O–H groups in total. The molecular formula is C30H34N2O2S. The Morgan fingerprint density at radius 2 is 1.40 bits per heavy atom. The van der Waals surface area contributed by atoms with Crippen molar-refractivity contribution in [3.63, 3.8) is 0 Å². The van der Waals surface area contributed by atoms with Crippen molar-refractivity contribution >= 4 is 23.6 Å². The van der Waals surface area contributed by atoms with Gasteiger partial charge >= 0.3 is 0 Å². The molecule has 1 saturated carbocycles. The predicted octanol–water partition coefficient (Wildman–Crippen LogP) is 5.87. The van der Waals surface area contributed by atoms with Gasteiger partial charge in [-0.3, -0.25) is 9.59 Å². The summed E-state index contributed by atoms with van der Waals surface area (Å²) in [6.45, 7) is 0.422. The summed E-state index contributed by atoms with van der Waals surface area (Å²) in [6, 6.07) is 29.8. The van der Waals surface area contributed by atoms with Crippen LogP contribution in [0.3, 0.4) is 0 Å². The van der Waals surface area contributed by atoms with E-state index in [0.29, 0.717) is 25.1 Å². The van der Waals surface area contributed by atoms with Crippen LogP contribution in [0, 0.1) is 0 Å². The minimum atomic E-state index is -0.549. The van der Waals surface area contributed by atoms with Gasteiger partial charge in [-0.1, -0.05) is 91.7 Å². The summed E-state index contributed by atoms with van der Waals surface area (Å²) < 4.78 is 0. The summed E-state index contributed by atoms with van der Waals surface area (Å²) in [5.74, 6) is 0.650. The maximum Gasteiger partial charge on any atom is 0.243 e. The van der Waals surface area contributed by atoms with Crippen molar-refractivity contribution in [2.75, 3.05) is 5.75 Å². The van der Waals surface area contributed by atoms with Crippen LogP contribution in [0.25, 0.3) is 0 Å². The molecule has 0 spiro atoms. The molecule has 35 heavy (non-hydrogen) atoms. The van der Waals surface area contributed by atoms with Gasteiger partial charge in [0, 0.05) is 36.1 Å². The molecule has 1 atom stereocenters. The minimum absolute atomic E-state index is 0.0137. The zero-order valence-electron chi connectivity index (χ0n) is 20.1. The smallest absolute Gasteiger partial charge is 0.243 e. The number of nitrogens with one attached hydrogen (secondary N) is 1. The Morgan fingerprint density at radius 1 is 0.829 bits per heavy atom. The van der Waals surface area contributed by atoms with Gasteiger partial charge < -0.3 is 10.2 Å². The number of carbonyl (C=O) groups excluding carboxylic acids is 2. The number of rotatable bonds is 11. The second kappa shape index (κ2) is 13.1. The van der Waals surface area contributed by atoms with E-state index in [4.69, 9.17) is 0 Å². The van der Waals surface area contributed by atoms with E-state index in [-0.39, 0.29) is 17.9 Å². The fraction of sp³-hybridized carbons (Fsp3) is 0.333. The van der Waals surface area contributed by atoms with Gasteiger partial charge in [0.25, 0.3) is 0 Å². The van der Waals surface area contributed by atoms with Gasteiger partial charge in [-0.25, -0.2) is 0 Å². The molecule has 0 heterocycles. The first-order chi connectivity index (χ1) is 17.2. The molecular weight excluding hydrogens is 452 g/mol. The van der Waals surface area contributed by atoms with E-state index in [1.54, 1.807) is 16.7 Å². The molecule has 4 rings (SSSR count). The normalized spacial score (nSPS) is 14.4. The lowest BCUT2D eigenvalue weighted by molar-refractivity contribution is -0.141. The Bertz CT molecular complexity index is 1050. The Balaban J connectivity index is 1.54. The van der Waals surface area contributed by atoms with Crippen LogP contribution in [0.15, 0.2) is 95.9 Å². The molecule has 0 saturated heterocycles. The molecule has 0 unspecified atom stereocenters. The fourth-order valence-electron chi connectivity index (χ4n) is 4.62. The lowest BCUT2D eigenvalue weighted by Crippen LogP contribution is -2.52. The van der Waals surface area contributed by atoms with E-state index in [9.17, 15) is 9.59 Å². The third kappa shape index (κ3) is 7.72. The van der Waals surface area contributed by atoms with Crippen LogP contribution in [-0.2, 0) is 22.6 Å². The van der Waals surface area contributed by atoms with Crippen molar-refractivity contribution in [3.8, 4) is 0 Å². The molecule has 1 fully saturated rings. The topological polar surface area (TPSA) is 49.4 Å². The monoisotopic (exact) mass is 486 g/mol. The van der Waals surface area contributed by atoms with Crippen molar-refractivity contribution in [2.45, 2.75) is 62.0 Å². The Hall–Kier alpha value is -3.05. The maximum atomic E-state index is 13.6. The molecule has 1 aliphatic carbocycles. The second-order valence-electron chi connectivity index (χ2n) is 9.11. The molecule has 0 aromatic heterocycles. The molecule has 182 valence electrons. The number of thioether (sulfide) groups is 1. The largest absolute Gasteiger partial charge is 0.352 e. The Labute approximate surface area is 213 Å². The van der Waals surface area contributed by atoms with Gasteiger partial charge in [0.15, 0.2) is 0 Å². The molecule has 0 aliphatic heterocycles. The molecule has 3 aromatic carbocycles. The average Bonchev–Trinajstić information content (AvgIpc) is 3.41. The van der Waals surface area contributed by atoms with Crippen molar-refractivity contribution in [3.05, 3.63) is 102 Å². The molecule has 1 aliphatic rings. The maximum absolute atomic E-state index is 13.6. The second-order valence-corrected chi connectivity index (χ2v) is 10.3. The van der Waals surface area contributed by atoms with Crippen molar-refractivity contribution < 1.29 is 9.59 Å². The van der Waals surface area contributed by atoms with Crippen LogP contribution in [0.1, 0.15) is 43.2 Å². The summed E-state index contributed by atoms with van der Waals surface area (Å²) in [7, 11) is 0. The molecule has 5 heteroatoms. The van der Waals surface area contributed by atoms with Gasteiger partial charge in [0.05, 0.1) is 0 Å². The fourth-order valence-corrected chi connectivity index (χ4v) is 5.48. The highest BCUT2D eigenvalue weighted by Gasteiger charge is 2.31. The standard InChI is InChI=1S/C30H34N2O2S/c33-29(20-21-35-27-18-8-3-9-19-27)32(23-25-14-6-2-7-15-25)28(22-24-12-4-1-5-13-24)30(34)31-26-16-10-11-17-26/h1-9,12-15,18-19,26,28H,10-11,16-17,20-23H2,(H,31,34)/t28-/m1/s1. The zero-order valence-corrected chi connectivity index (χ0v) is 21.0.